The molecule has 0 saturated carbocycles. The summed E-state index contributed by atoms with van der Waals surface area (Å²) in [6.07, 6.45) is 12.2. The van der Waals surface area contributed by atoms with Crippen molar-refractivity contribution in [1.29, 1.82) is 0 Å². The molecule has 44 heavy (non-hydrogen) atoms. The van der Waals surface area contributed by atoms with Crippen LogP contribution < -0.4 is 20.1 Å². The summed E-state index contributed by atoms with van der Waals surface area (Å²) < 4.78 is 7.06. The van der Waals surface area contributed by atoms with Gasteiger partial charge in [0.2, 0.25) is 0 Å². The van der Waals surface area contributed by atoms with Gasteiger partial charge >= 0.3 is 11.9 Å². The van der Waals surface area contributed by atoms with E-state index in [4.69, 9.17) is 4.74 Å². The Hall–Kier alpha value is -4.06. The number of benzene rings is 3. The third kappa shape index (κ3) is 5.29. The zero-order valence-electron chi connectivity index (χ0n) is 26.1. The number of hydrogen-bond acceptors (Lipinski definition) is 4. The lowest BCUT2D eigenvalue weighted by Gasteiger charge is -2.35. The van der Waals surface area contributed by atoms with E-state index in [0.717, 1.165) is 129 Å². The molecule has 0 fully saturated rings. The Morgan fingerprint density at radius 2 is 1.66 bits per heavy atom. The largest absolute Gasteiger partial charge is 0.478 e. The molecule has 3 aliphatic rings. The van der Waals surface area contributed by atoms with E-state index in [0.29, 0.717) is 5.56 Å². The van der Waals surface area contributed by atoms with Gasteiger partial charge in [-0.3, -0.25) is 0 Å². The molecule has 0 saturated heterocycles. The molecule has 6 heteroatoms. The second kappa shape index (κ2) is 12.5. The summed E-state index contributed by atoms with van der Waals surface area (Å²) in [7, 11) is 0. The first-order chi connectivity index (χ1) is 21.3. The van der Waals surface area contributed by atoms with Crippen molar-refractivity contribution in [3.8, 4) is 11.5 Å². The molecule has 230 valence electrons. The van der Waals surface area contributed by atoms with Gasteiger partial charge in [0, 0.05) is 46.3 Å². The maximum atomic E-state index is 12.8. The Kier molecular flexibility index (Phi) is 8.53. The van der Waals surface area contributed by atoms with Crippen molar-refractivity contribution < 1.29 is 24.5 Å². The molecule has 0 atom stereocenters. The molecule has 2 N–H and O–H groups in total. The first-order valence-electron chi connectivity index (χ1n) is 16.4. The van der Waals surface area contributed by atoms with Crippen LogP contribution in [0.25, 0.3) is 12.2 Å². The van der Waals surface area contributed by atoms with Crippen LogP contribution in [0, 0.1) is 0 Å². The number of ether oxygens (including phenoxy) is 1. The van der Waals surface area contributed by atoms with Crippen LogP contribution in [-0.2, 0) is 25.7 Å². The van der Waals surface area contributed by atoms with E-state index in [1.807, 2.05) is 0 Å². The van der Waals surface area contributed by atoms with Gasteiger partial charge in [-0.1, -0.05) is 45.8 Å². The highest BCUT2D eigenvalue weighted by atomic mass is 16.5. The van der Waals surface area contributed by atoms with Crippen molar-refractivity contribution in [2.45, 2.75) is 90.9 Å². The van der Waals surface area contributed by atoms with Crippen molar-refractivity contribution in [1.82, 2.24) is 0 Å². The fourth-order valence-corrected chi connectivity index (χ4v) is 7.43. The number of hydrogen-bond donors (Lipinski definition) is 2. The second-order valence-corrected chi connectivity index (χ2v) is 12.6. The number of rotatable bonds is 10. The van der Waals surface area contributed by atoms with Gasteiger partial charge in [-0.2, -0.15) is 0 Å². The molecule has 0 amide bonds. The molecule has 0 aliphatic carbocycles. The van der Waals surface area contributed by atoms with Crippen LogP contribution in [0.15, 0.2) is 30.3 Å². The summed E-state index contributed by atoms with van der Waals surface area (Å²) in [5, 5.41) is 22.1. The van der Waals surface area contributed by atoms with Gasteiger partial charge in [0.05, 0.1) is 11.1 Å². The fourth-order valence-electron chi connectivity index (χ4n) is 7.43. The van der Waals surface area contributed by atoms with Crippen LogP contribution in [0.1, 0.15) is 119 Å². The maximum absolute atomic E-state index is 12.8. The number of nitrogens with zero attached hydrogens (tertiary/aromatic N) is 1. The Bertz CT molecular complexity index is 1750. The zero-order valence-corrected chi connectivity index (χ0v) is 26.1. The molecule has 0 aromatic heterocycles. The normalized spacial score (nSPS) is 15.1. The molecule has 0 radical (unpaired) electrons. The summed E-state index contributed by atoms with van der Waals surface area (Å²) >= 11 is 0. The Labute approximate surface area is 259 Å². The van der Waals surface area contributed by atoms with Crippen LogP contribution >= 0.6 is 0 Å². The molecular formula is C38H43NO5. The van der Waals surface area contributed by atoms with Crippen molar-refractivity contribution in [2.75, 3.05) is 18.0 Å². The number of carboxylic acid groups (broad SMARTS) is 2. The van der Waals surface area contributed by atoms with E-state index in [-0.39, 0.29) is 11.1 Å². The Balaban J connectivity index is 1.74. The van der Waals surface area contributed by atoms with E-state index < -0.39 is 11.9 Å². The van der Waals surface area contributed by atoms with E-state index in [1.54, 1.807) is 6.07 Å². The summed E-state index contributed by atoms with van der Waals surface area (Å²) in [5.74, 6) is -0.679. The van der Waals surface area contributed by atoms with Crippen molar-refractivity contribution >= 4 is 29.8 Å². The van der Waals surface area contributed by atoms with Crippen LogP contribution in [0.3, 0.4) is 0 Å². The number of carboxylic acids is 2. The molecule has 0 spiro atoms. The van der Waals surface area contributed by atoms with E-state index in [9.17, 15) is 19.8 Å². The van der Waals surface area contributed by atoms with Crippen LogP contribution in [0.4, 0.5) is 5.69 Å². The number of anilines is 1. The summed E-state index contributed by atoms with van der Waals surface area (Å²) in [6, 6.07) is 8.93. The Morgan fingerprint density at radius 1 is 0.864 bits per heavy atom. The van der Waals surface area contributed by atoms with Gasteiger partial charge in [-0.15, -0.1) is 0 Å². The molecular weight excluding hydrogens is 550 g/mol. The van der Waals surface area contributed by atoms with Crippen molar-refractivity contribution in [3.05, 3.63) is 85.3 Å². The van der Waals surface area contributed by atoms with E-state index >= 15 is 0 Å². The summed E-state index contributed by atoms with van der Waals surface area (Å²) in [4.78, 5) is 27.2. The van der Waals surface area contributed by atoms with Gasteiger partial charge in [0.25, 0.3) is 0 Å². The predicted molar refractivity (Wildman–Crippen MR) is 175 cm³/mol. The highest BCUT2D eigenvalue weighted by Crippen LogP contribution is 2.48. The first-order valence-corrected chi connectivity index (χ1v) is 16.4. The molecule has 3 aliphatic heterocycles. The molecule has 3 aromatic carbocycles. The third-order valence-corrected chi connectivity index (χ3v) is 9.65. The summed E-state index contributed by atoms with van der Waals surface area (Å²) in [5.41, 5.74) is 8.31. The predicted octanol–water partition coefficient (Wildman–Crippen LogP) is 7.01. The highest BCUT2D eigenvalue weighted by molar-refractivity contribution is 6.01. The van der Waals surface area contributed by atoms with Gasteiger partial charge in [0.15, 0.2) is 0 Å². The number of carbonyl (C=O) groups is 2. The SMILES string of the molecule is C=c1c(CCCCC)cc2c(c1CCCC)Oc1c(cc3c4c1CCCN4CCCC3)C=2c1ccc(C(=O)O)cc1C(=O)O. The Morgan fingerprint density at radius 3 is 2.41 bits per heavy atom. The number of fused-ring (bicyclic) bond motifs is 3. The average Bonchev–Trinajstić information content (AvgIpc) is 3.23. The fraction of sp³-hybridized carbons (Fsp3) is 0.421. The standard InChI is InChI=1S/C38H43NO5/c1-4-6-8-12-24-20-31-33(28-17-16-26(37(40)41)22-30(28)38(42)43)32-21-25-13-9-10-18-39-19-11-15-29(34(25)39)36(32)44-35(31)27(23(24)3)14-7-5-2/h16-17,20-22H,3-15,18-19H2,1-2H3,(H,40,41)(H,42,43). The van der Waals surface area contributed by atoms with Crippen LogP contribution in [0.5, 0.6) is 11.5 Å². The molecule has 0 bridgehead atoms. The lowest BCUT2D eigenvalue weighted by Crippen LogP contribution is -2.32. The molecule has 0 unspecified atom stereocenters. The average molecular weight is 594 g/mol. The molecule has 6 rings (SSSR count). The van der Waals surface area contributed by atoms with Gasteiger partial charge in [0.1, 0.15) is 11.5 Å². The van der Waals surface area contributed by atoms with Crippen molar-refractivity contribution in [3.63, 3.8) is 0 Å². The smallest absolute Gasteiger partial charge is 0.336 e. The first kappa shape index (κ1) is 30.0. The van der Waals surface area contributed by atoms with Crippen LogP contribution in [-0.4, -0.2) is 35.2 Å². The van der Waals surface area contributed by atoms with Crippen LogP contribution in [0.2, 0.25) is 0 Å². The van der Waals surface area contributed by atoms with Gasteiger partial charge in [-0.05, 0) is 104 Å². The minimum Gasteiger partial charge on any atom is -0.478 e. The minimum absolute atomic E-state index is 0.00902. The number of unbranched alkanes of at least 4 members (excludes halogenated alkanes) is 3. The topological polar surface area (TPSA) is 87.1 Å². The van der Waals surface area contributed by atoms with E-state index in [1.165, 1.54) is 34.5 Å². The minimum atomic E-state index is -1.14. The summed E-state index contributed by atoms with van der Waals surface area (Å²) in [6.45, 7) is 11.0. The quantitative estimate of drug-likeness (QED) is 0.192. The number of aromatic carboxylic acids is 2. The molecule has 6 nitrogen and oxygen atoms in total. The monoisotopic (exact) mass is 593 g/mol. The lowest BCUT2D eigenvalue weighted by atomic mass is 9.83. The lowest BCUT2D eigenvalue weighted by molar-refractivity contribution is 0.0695. The maximum Gasteiger partial charge on any atom is 0.336 e. The third-order valence-electron chi connectivity index (χ3n) is 9.65. The van der Waals surface area contributed by atoms with E-state index in [2.05, 4.69) is 37.5 Å². The molecule has 3 heterocycles. The molecule has 3 aromatic rings. The van der Waals surface area contributed by atoms with Gasteiger partial charge < -0.3 is 19.8 Å². The van der Waals surface area contributed by atoms with Gasteiger partial charge in [-0.25, -0.2) is 9.59 Å². The zero-order chi connectivity index (χ0) is 31.0. The van der Waals surface area contributed by atoms with Crippen molar-refractivity contribution in [2.24, 2.45) is 0 Å². The highest BCUT2D eigenvalue weighted by Gasteiger charge is 2.33. The number of aryl methyl sites for hydroxylation is 2. The second-order valence-electron chi connectivity index (χ2n) is 12.6.